The number of piperidine rings is 1. The third kappa shape index (κ3) is 3.08. The monoisotopic (exact) mass is 337 g/mol. The first-order chi connectivity index (χ1) is 12.2. The fourth-order valence-corrected chi connectivity index (χ4v) is 4.02. The van der Waals surface area contributed by atoms with Crippen LogP contribution in [-0.2, 0) is 11.3 Å². The molecule has 1 atom stereocenters. The van der Waals surface area contributed by atoms with Crippen molar-refractivity contribution in [1.82, 2.24) is 20.1 Å². The molecular formula is C19H23N5O. The van der Waals surface area contributed by atoms with Gasteiger partial charge in [-0.3, -0.25) is 9.78 Å². The Morgan fingerprint density at radius 3 is 2.84 bits per heavy atom. The zero-order valence-corrected chi connectivity index (χ0v) is 14.6. The van der Waals surface area contributed by atoms with E-state index in [-0.39, 0.29) is 11.3 Å². The molecule has 0 radical (unpaired) electrons. The number of aromatic nitrogens is 3. The Hall–Kier alpha value is -2.50. The largest absolute Gasteiger partial charge is 0.354 e. The summed E-state index contributed by atoms with van der Waals surface area (Å²) in [5.41, 5.74) is 1.73. The standard InChI is InChI=1S/C19H23N5O/c1-15-5-6-17(22-21-15)24-10-3-7-19(14-24)8-11-23(18(19)25)13-16-4-2-9-20-12-16/h2,4-6,9,12H,3,7-8,10-11,13-14H2,1H3/t19-/m0/s1. The van der Waals surface area contributed by atoms with Crippen molar-refractivity contribution < 1.29 is 4.79 Å². The van der Waals surface area contributed by atoms with Crippen LogP contribution in [0.15, 0.2) is 36.7 Å². The summed E-state index contributed by atoms with van der Waals surface area (Å²) >= 11 is 0. The minimum atomic E-state index is -0.271. The van der Waals surface area contributed by atoms with Crippen LogP contribution in [0.5, 0.6) is 0 Å². The van der Waals surface area contributed by atoms with E-state index in [0.29, 0.717) is 6.54 Å². The lowest BCUT2D eigenvalue weighted by Crippen LogP contribution is -2.48. The molecule has 6 nitrogen and oxygen atoms in total. The van der Waals surface area contributed by atoms with Crippen molar-refractivity contribution in [3.63, 3.8) is 0 Å². The van der Waals surface area contributed by atoms with Crippen molar-refractivity contribution in [2.75, 3.05) is 24.5 Å². The molecule has 2 aromatic rings. The van der Waals surface area contributed by atoms with E-state index in [1.54, 1.807) is 6.20 Å². The zero-order chi connectivity index (χ0) is 17.3. The molecule has 2 aliphatic heterocycles. The molecule has 25 heavy (non-hydrogen) atoms. The summed E-state index contributed by atoms with van der Waals surface area (Å²) in [6, 6.07) is 7.94. The van der Waals surface area contributed by atoms with Gasteiger partial charge in [0.05, 0.1) is 11.1 Å². The van der Waals surface area contributed by atoms with Crippen LogP contribution in [0.25, 0.3) is 0 Å². The second kappa shape index (κ2) is 6.43. The molecule has 1 spiro atoms. The Labute approximate surface area is 147 Å². The van der Waals surface area contributed by atoms with E-state index < -0.39 is 0 Å². The van der Waals surface area contributed by atoms with Gasteiger partial charge in [0, 0.05) is 38.6 Å². The minimum Gasteiger partial charge on any atom is -0.354 e. The Bertz CT molecular complexity index is 748. The molecule has 2 saturated heterocycles. The molecule has 2 fully saturated rings. The molecule has 4 heterocycles. The Kier molecular flexibility index (Phi) is 4.11. The predicted molar refractivity (Wildman–Crippen MR) is 94.9 cm³/mol. The van der Waals surface area contributed by atoms with Gasteiger partial charge in [-0.25, -0.2) is 0 Å². The van der Waals surface area contributed by atoms with Crippen molar-refractivity contribution in [3.05, 3.63) is 47.9 Å². The first-order valence-electron chi connectivity index (χ1n) is 8.90. The molecule has 4 rings (SSSR count). The summed E-state index contributed by atoms with van der Waals surface area (Å²) < 4.78 is 0. The van der Waals surface area contributed by atoms with Gasteiger partial charge in [0.2, 0.25) is 5.91 Å². The van der Waals surface area contributed by atoms with E-state index >= 15 is 0 Å². The Morgan fingerprint density at radius 2 is 2.08 bits per heavy atom. The average Bonchev–Trinajstić information content (AvgIpc) is 2.93. The lowest BCUT2D eigenvalue weighted by Gasteiger charge is -2.39. The van der Waals surface area contributed by atoms with Gasteiger partial charge in [-0.1, -0.05) is 6.07 Å². The Morgan fingerprint density at radius 1 is 1.16 bits per heavy atom. The first kappa shape index (κ1) is 16.0. The molecule has 0 saturated carbocycles. The number of nitrogens with zero attached hydrogens (tertiary/aromatic N) is 5. The summed E-state index contributed by atoms with van der Waals surface area (Å²) in [5, 5.41) is 8.48. The van der Waals surface area contributed by atoms with Gasteiger partial charge < -0.3 is 9.80 Å². The maximum absolute atomic E-state index is 13.2. The maximum Gasteiger partial charge on any atom is 0.230 e. The lowest BCUT2D eigenvalue weighted by atomic mass is 9.78. The van der Waals surface area contributed by atoms with E-state index in [0.717, 1.165) is 56.0 Å². The number of hydrogen-bond donors (Lipinski definition) is 0. The third-order valence-electron chi connectivity index (χ3n) is 5.38. The van der Waals surface area contributed by atoms with E-state index in [1.807, 2.05) is 42.3 Å². The molecule has 2 aliphatic rings. The number of likely N-dealkylation sites (tertiary alicyclic amines) is 1. The van der Waals surface area contributed by atoms with Crippen LogP contribution in [0.3, 0.4) is 0 Å². The van der Waals surface area contributed by atoms with Crippen molar-refractivity contribution in [2.45, 2.75) is 32.7 Å². The molecule has 1 amide bonds. The van der Waals surface area contributed by atoms with E-state index in [9.17, 15) is 4.79 Å². The second-order valence-electron chi connectivity index (χ2n) is 7.18. The van der Waals surface area contributed by atoms with Crippen LogP contribution in [0.2, 0.25) is 0 Å². The van der Waals surface area contributed by atoms with Crippen LogP contribution in [0.4, 0.5) is 5.82 Å². The van der Waals surface area contributed by atoms with Crippen LogP contribution >= 0.6 is 0 Å². The van der Waals surface area contributed by atoms with Gasteiger partial charge >= 0.3 is 0 Å². The predicted octanol–water partition coefficient (Wildman–Crippen LogP) is 2.20. The van der Waals surface area contributed by atoms with Crippen molar-refractivity contribution in [1.29, 1.82) is 0 Å². The molecule has 0 unspecified atom stereocenters. The van der Waals surface area contributed by atoms with Gasteiger partial charge in [-0.15, -0.1) is 5.10 Å². The zero-order valence-electron chi connectivity index (χ0n) is 14.6. The van der Waals surface area contributed by atoms with E-state index in [1.165, 1.54) is 0 Å². The number of pyridine rings is 1. The van der Waals surface area contributed by atoms with Crippen molar-refractivity contribution in [2.24, 2.45) is 5.41 Å². The molecule has 130 valence electrons. The van der Waals surface area contributed by atoms with Crippen LogP contribution < -0.4 is 4.90 Å². The number of carbonyl (C=O) groups excluding carboxylic acids is 1. The topological polar surface area (TPSA) is 62.2 Å². The molecule has 0 aromatic carbocycles. The molecule has 2 aromatic heterocycles. The second-order valence-corrected chi connectivity index (χ2v) is 7.18. The number of carbonyl (C=O) groups is 1. The van der Waals surface area contributed by atoms with Gasteiger partial charge in [-0.05, 0) is 49.9 Å². The van der Waals surface area contributed by atoms with Gasteiger partial charge in [0.1, 0.15) is 0 Å². The van der Waals surface area contributed by atoms with Gasteiger partial charge in [0.15, 0.2) is 5.82 Å². The molecule has 0 aliphatic carbocycles. The smallest absolute Gasteiger partial charge is 0.230 e. The normalized spacial score (nSPS) is 23.5. The summed E-state index contributed by atoms with van der Waals surface area (Å²) in [6.07, 6.45) is 6.50. The first-order valence-corrected chi connectivity index (χ1v) is 8.90. The maximum atomic E-state index is 13.2. The summed E-state index contributed by atoms with van der Waals surface area (Å²) in [7, 11) is 0. The van der Waals surface area contributed by atoms with Crippen LogP contribution in [0, 0.1) is 12.3 Å². The van der Waals surface area contributed by atoms with Crippen molar-refractivity contribution in [3.8, 4) is 0 Å². The highest BCUT2D eigenvalue weighted by molar-refractivity contribution is 5.85. The number of rotatable bonds is 3. The highest BCUT2D eigenvalue weighted by Gasteiger charge is 2.49. The number of anilines is 1. The SMILES string of the molecule is Cc1ccc(N2CCC[C@]3(CCN(Cc4cccnc4)C3=O)C2)nn1. The fourth-order valence-electron chi connectivity index (χ4n) is 4.02. The third-order valence-corrected chi connectivity index (χ3v) is 5.38. The van der Waals surface area contributed by atoms with Crippen molar-refractivity contribution >= 4 is 11.7 Å². The Balaban J connectivity index is 1.49. The summed E-state index contributed by atoms with van der Waals surface area (Å²) in [4.78, 5) is 21.5. The fraction of sp³-hybridized carbons (Fsp3) is 0.474. The van der Waals surface area contributed by atoms with Gasteiger partial charge in [0.25, 0.3) is 0 Å². The van der Waals surface area contributed by atoms with E-state index in [2.05, 4.69) is 20.1 Å². The summed E-state index contributed by atoms with van der Waals surface area (Å²) in [5.74, 6) is 1.16. The molecule has 6 heteroatoms. The van der Waals surface area contributed by atoms with Crippen LogP contribution in [-0.4, -0.2) is 45.6 Å². The molecule has 0 bridgehead atoms. The number of aryl methyl sites for hydroxylation is 1. The quantitative estimate of drug-likeness (QED) is 0.859. The number of hydrogen-bond acceptors (Lipinski definition) is 5. The minimum absolute atomic E-state index is 0.271. The number of amides is 1. The average molecular weight is 337 g/mol. The van der Waals surface area contributed by atoms with Gasteiger partial charge in [-0.2, -0.15) is 5.10 Å². The molecular weight excluding hydrogens is 314 g/mol. The highest BCUT2D eigenvalue weighted by Crippen LogP contribution is 2.41. The van der Waals surface area contributed by atoms with Crippen LogP contribution in [0.1, 0.15) is 30.5 Å². The lowest BCUT2D eigenvalue weighted by molar-refractivity contribution is -0.137. The summed E-state index contributed by atoms with van der Waals surface area (Å²) in [6.45, 7) is 5.09. The highest BCUT2D eigenvalue weighted by atomic mass is 16.2. The van der Waals surface area contributed by atoms with E-state index in [4.69, 9.17) is 0 Å². The molecule has 0 N–H and O–H groups in total.